The van der Waals surface area contributed by atoms with Crippen molar-refractivity contribution in [1.29, 1.82) is 5.26 Å². The van der Waals surface area contributed by atoms with Crippen LogP contribution in [0.2, 0.25) is 0 Å². The number of carbonyl (C=O) groups is 1. The summed E-state index contributed by atoms with van der Waals surface area (Å²) < 4.78 is 18.6. The van der Waals surface area contributed by atoms with E-state index in [0.29, 0.717) is 6.54 Å². The lowest BCUT2D eigenvalue weighted by molar-refractivity contribution is -0.122. The Morgan fingerprint density at radius 1 is 1.56 bits per heavy atom. The summed E-state index contributed by atoms with van der Waals surface area (Å²) in [5, 5.41) is 13.5. The molecule has 96 valence electrons. The number of halogens is 1. The maximum Gasteiger partial charge on any atom is 0.258 e. The summed E-state index contributed by atoms with van der Waals surface area (Å²) in [6.45, 7) is 0.148. The van der Waals surface area contributed by atoms with Gasteiger partial charge in [0.25, 0.3) is 5.91 Å². The SMILES string of the molecule is CNCc1ccc(OCC(=O)NCC#N)c(F)c1. The number of amides is 1. The molecule has 1 rings (SSSR count). The minimum atomic E-state index is -0.518. The molecule has 0 aliphatic heterocycles. The molecule has 6 heteroatoms. The molecule has 18 heavy (non-hydrogen) atoms. The van der Waals surface area contributed by atoms with Gasteiger partial charge in [-0.15, -0.1) is 0 Å². The van der Waals surface area contributed by atoms with Crippen LogP contribution in [0.5, 0.6) is 5.75 Å². The minimum absolute atomic E-state index is 0.0157. The number of nitriles is 1. The lowest BCUT2D eigenvalue weighted by Crippen LogP contribution is -2.29. The number of hydrogen-bond acceptors (Lipinski definition) is 4. The molecule has 1 aromatic rings. The van der Waals surface area contributed by atoms with Gasteiger partial charge in [0.05, 0.1) is 6.07 Å². The molecular formula is C12H14FN3O2. The van der Waals surface area contributed by atoms with Crippen LogP contribution in [0.1, 0.15) is 5.56 Å². The van der Waals surface area contributed by atoms with E-state index >= 15 is 0 Å². The third-order valence-corrected chi connectivity index (χ3v) is 2.10. The van der Waals surface area contributed by atoms with E-state index in [1.807, 2.05) is 0 Å². The zero-order chi connectivity index (χ0) is 13.4. The van der Waals surface area contributed by atoms with Gasteiger partial charge in [0.1, 0.15) is 6.54 Å². The largest absolute Gasteiger partial charge is 0.481 e. The fourth-order valence-electron chi connectivity index (χ4n) is 1.31. The fourth-order valence-corrected chi connectivity index (χ4v) is 1.31. The number of nitrogens with zero attached hydrogens (tertiary/aromatic N) is 1. The van der Waals surface area contributed by atoms with E-state index in [2.05, 4.69) is 10.6 Å². The highest BCUT2D eigenvalue weighted by Gasteiger charge is 2.07. The van der Waals surface area contributed by atoms with Gasteiger partial charge in [0.15, 0.2) is 18.2 Å². The number of hydrogen-bond donors (Lipinski definition) is 2. The molecule has 5 nitrogen and oxygen atoms in total. The van der Waals surface area contributed by atoms with Crippen molar-refractivity contribution < 1.29 is 13.9 Å². The van der Waals surface area contributed by atoms with Gasteiger partial charge in [-0.1, -0.05) is 6.07 Å². The van der Waals surface area contributed by atoms with E-state index in [1.54, 1.807) is 19.2 Å². The van der Waals surface area contributed by atoms with Crippen molar-refractivity contribution in [3.8, 4) is 11.8 Å². The first-order chi connectivity index (χ1) is 8.67. The predicted octanol–water partition coefficient (Wildman–Crippen LogP) is 0.564. The summed E-state index contributed by atoms with van der Waals surface area (Å²) in [6.07, 6.45) is 0. The predicted molar refractivity (Wildman–Crippen MR) is 63.3 cm³/mol. The molecular weight excluding hydrogens is 237 g/mol. The highest BCUT2D eigenvalue weighted by molar-refractivity contribution is 5.77. The third-order valence-electron chi connectivity index (χ3n) is 2.10. The Bertz CT molecular complexity index is 457. The third kappa shape index (κ3) is 4.39. The van der Waals surface area contributed by atoms with Crippen LogP contribution in [0.25, 0.3) is 0 Å². The normalized spacial score (nSPS) is 9.61. The number of carbonyl (C=O) groups excluding carboxylic acids is 1. The Hall–Kier alpha value is -2.13. The van der Waals surface area contributed by atoms with Crippen molar-refractivity contribution >= 4 is 5.91 Å². The first-order valence-corrected chi connectivity index (χ1v) is 5.37. The van der Waals surface area contributed by atoms with Gasteiger partial charge >= 0.3 is 0 Å². The van der Waals surface area contributed by atoms with Gasteiger partial charge in [-0.25, -0.2) is 4.39 Å². The van der Waals surface area contributed by atoms with Gasteiger partial charge < -0.3 is 15.4 Å². The average Bonchev–Trinajstić information content (AvgIpc) is 2.35. The van der Waals surface area contributed by atoms with E-state index in [1.165, 1.54) is 12.1 Å². The molecule has 0 aliphatic rings. The molecule has 1 aromatic carbocycles. The van der Waals surface area contributed by atoms with Crippen molar-refractivity contribution in [2.75, 3.05) is 20.2 Å². The van der Waals surface area contributed by atoms with Crippen LogP contribution in [-0.4, -0.2) is 26.1 Å². The van der Waals surface area contributed by atoms with Crippen LogP contribution >= 0.6 is 0 Å². The zero-order valence-corrected chi connectivity index (χ0v) is 10.00. The van der Waals surface area contributed by atoms with Crippen molar-refractivity contribution in [1.82, 2.24) is 10.6 Å². The Morgan fingerprint density at radius 3 is 2.94 bits per heavy atom. The second kappa shape index (κ2) is 7.25. The summed E-state index contributed by atoms with van der Waals surface area (Å²) in [6, 6.07) is 6.29. The topological polar surface area (TPSA) is 74.2 Å². The second-order valence-corrected chi connectivity index (χ2v) is 3.52. The zero-order valence-electron chi connectivity index (χ0n) is 10.00. The molecule has 0 saturated heterocycles. The van der Waals surface area contributed by atoms with E-state index < -0.39 is 11.7 Å². The molecule has 0 spiro atoms. The summed E-state index contributed by atoms with van der Waals surface area (Å²) >= 11 is 0. The molecule has 0 fully saturated rings. The van der Waals surface area contributed by atoms with Crippen molar-refractivity contribution in [3.05, 3.63) is 29.6 Å². The Labute approximate surface area is 105 Å². The molecule has 0 aliphatic carbocycles. The van der Waals surface area contributed by atoms with Gasteiger partial charge in [0.2, 0.25) is 0 Å². The molecule has 1 amide bonds. The molecule has 0 saturated carbocycles. The van der Waals surface area contributed by atoms with Gasteiger partial charge in [-0.05, 0) is 24.7 Å². The Morgan fingerprint density at radius 2 is 2.33 bits per heavy atom. The first kappa shape index (κ1) is 13.9. The molecule has 0 unspecified atom stereocenters. The lowest BCUT2D eigenvalue weighted by Gasteiger charge is -2.08. The van der Waals surface area contributed by atoms with E-state index in [-0.39, 0.29) is 18.9 Å². The van der Waals surface area contributed by atoms with Gasteiger partial charge in [-0.3, -0.25) is 4.79 Å². The standard InChI is InChI=1S/C12H14FN3O2/c1-15-7-9-2-3-11(10(13)6-9)18-8-12(17)16-5-4-14/h2-3,6,15H,5,7-8H2,1H3,(H,16,17). The van der Waals surface area contributed by atoms with Crippen LogP contribution < -0.4 is 15.4 Å². The molecule has 0 atom stereocenters. The van der Waals surface area contributed by atoms with Crippen molar-refractivity contribution in [2.24, 2.45) is 0 Å². The maximum atomic E-state index is 13.5. The maximum absolute atomic E-state index is 13.5. The smallest absolute Gasteiger partial charge is 0.258 e. The highest BCUT2D eigenvalue weighted by Crippen LogP contribution is 2.18. The Balaban J connectivity index is 2.52. The summed E-state index contributed by atoms with van der Waals surface area (Å²) in [5.74, 6) is -0.965. The molecule has 2 N–H and O–H groups in total. The summed E-state index contributed by atoms with van der Waals surface area (Å²) in [4.78, 5) is 11.1. The van der Waals surface area contributed by atoms with Gasteiger partial charge in [0, 0.05) is 6.54 Å². The summed E-state index contributed by atoms with van der Waals surface area (Å²) in [7, 11) is 1.77. The van der Waals surface area contributed by atoms with E-state index in [4.69, 9.17) is 10.00 Å². The average molecular weight is 251 g/mol. The minimum Gasteiger partial charge on any atom is -0.481 e. The van der Waals surface area contributed by atoms with Crippen LogP contribution in [0.15, 0.2) is 18.2 Å². The monoisotopic (exact) mass is 251 g/mol. The van der Waals surface area contributed by atoms with Crippen LogP contribution in [0.3, 0.4) is 0 Å². The van der Waals surface area contributed by atoms with Crippen LogP contribution in [0, 0.1) is 17.1 Å². The van der Waals surface area contributed by atoms with Gasteiger partial charge in [-0.2, -0.15) is 5.26 Å². The molecule has 0 heterocycles. The van der Waals surface area contributed by atoms with E-state index in [9.17, 15) is 9.18 Å². The number of rotatable bonds is 6. The molecule has 0 radical (unpaired) electrons. The van der Waals surface area contributed by atoms with Crippen LogP contribution in [-0.2, 0) is 11.3 Å². The van der Waals surface area contributed by atoms with Crippen molar-refractivity contribution in [3.63, 3.8) is 0 Å². The number of nitrogens with one attached hydrogen (secondary N) is 2. The quantitative estimate of drug-likeness (QED) is 0.725. The first-order valence-electron chi connectivity index (χ1n) is 5.37. The fraction of sp³-hybridized carbons (Fsp3) is 0.333. The van der Waals surface area contributed by atoms with Crippen molar-refractivity contribution in [2.45, 2.75) is 6.54 Å². The molecule has 0 bridgehead atoms. The second-order valence-electron chi connectivity index (χ2n) is 3.52. The molecule has 0 aromatic heterocycles. The number of benzene rings is 1. The van der Waals surface area contributed by atoms with Crippen LogP contribution in [0.4, 0.5) is 4.39 Å². The highest BCUT2D eigenvalue weighted by atomic mass is 19.1. The van der Waals surface area contributed by atoms with E-state index in [0.717, 1.165) is 5.56 Å². The summed E-state index contributed by atoms with van der Waals surface area (Å²) in [5.41, 5.74) is 0.788. The lowest BCUT2D eigenvalue weighted by atomic mass is 10.2. The number of ether oxygens (including phenoxy) is 1. The Kier molecular flexibility index (Phi) is 5.61.